The standard InChI is InChI=1S/C15H19NO3S/c1-10-3-2-4-13(10)15(19)16-9-12-6-5-11(20-12)7-8-14(17)18/h5-8,10,13H,2-4,9H2,1H3,(H,16,19)(H,17,18)/b8-7+. The molecule has 1 aliphatic carbocycles. The summed E-state index contributed by atoms with van der Waals surface area (Å²) in [4.78, 5) is 24.4. The first kappa shape index (κ1) is 14.8. The van der Waals surface area contributed by atoms with Crippen molar-refractivity contribution in [1.29, 1.82) is 0 Å². The van der Waals surface area contributed by atoms with Crippen LogP contribution in [0.1, 0.15) is 35.9 Å². The van der Waals surface area contributed by atoms with Crippen LogP contribution in [-0.2, 0) is 16.1 Å². The van der Waals surface area contributed by atoms with E-state index in [1.54, 1.807) is 6.08 Å². The second-order valence-corrected chi connectivity index (χ2v) is 6.41. The number of aliphatic carboxylic acids is 1. The molecule has 20 heavy (non-hydrogen) atoms. The number of carbonyl (C=O) groups is 2. The number of thiophene rings is 1. The van der Waals surface area contributed by atoms with Crippen molar-refractivity contribution in [3.05, 3.63) is 28.0 Å². The molecule has 1 heterocycles. The van der Waals surface area contributed by atoms with E-state index in [1.807, 2.05) is 12.1 Å². The lowest BCUT2D eigenvalue weighted by atomic mass is 9.97. The van der Waals surface area contributed by atoms with Crippen LogP contribution < -0.4 is 5.32 Å². The molecular formula is C15H19NO3S. The molecule has 0 spiro atoms. The van der Waals surface area contributed by atoms with Crippen LogP contribution in [0, 0.1) is 11.8 Å². The van der Waals surface area contributed by atoms with E-state index in [0.29, 0.717) is 12.5 Å². The van der Waals surface area contributed by atoms with Gasteiger partial charge in [0.15, 0.2) is 0 Å². The summed E-state index contributed by atoms with van der Waals surface area (Å²) in [6.07, 6.45) is 5.96. The second-order valence-electron chi connectivity index (χ2n) is 5.21. The third kappa shape index (κ3) is 3.93. The minimum Gasteiger partial charge on any atom is -0.478 e. The van der Waals surface area contributed by atoms with Crippen LogP contribution in [0.3, 0.4) is 0 Å². The highest BCUT2D eigenvalue weighted by Crippen LogP contribution is 2.31. The van der Waals surface area contributed by atoms with Gasteiger partial charge >= 0.3 is 5.97 Å². The Kier molecular flexibility index (Phi) is 4.95. The van der Waals surface area contributed by atoms with E-state index in [1.165, 1.54) is 11.3 Å². The zero-order valence-electron chi connectivity index (χ0n) is 11.5. The van der Waals surface area contributed by atoms with Crippen LogP contribution in [-0.4, -0.2) is 17.0 Å². The predicted molar refractivity (Wildman–Crippen MR) is 79.3 cm³/mol. The van der Waals surface area contributed by atoms with Crippen LogP contribution in [0.15, 0.2) is 18.2 Å². The Morgan fingerprint density at radius 1 is 1.45 bits per heavy atom. The number of carboxylic acid groups (broad SMARTS) is 1. The van der Waals surface area contributed by atoms with E-state index < -0.39 is 5.97 Å². The average Bonchev–Trinajstić information content (AvgIpc) is 3.02. The lowest BCUT2D eigenvalue weighted by molar-refractivity contribution is -0.131. The first-order valence-electron chi connectivity index (χ1n) is 6.83. The molecule has 1 aromatic rings. The molecule has 108 valence electrons. The summed E-state index contributed by atoms with van der Waals surface area (Å²) in [6.45, 7) is 2.66. The number of hydrogen-bond acceptors (Lipinski definition) is 3. The molecule has 4 nitrogen and oxygen atoms in total. The van der Waals surface area contributed by atoms with Crippen LogP contribution in [0.2, 0.25) is 0 Å². The number of carbonyl (C=O) groups excluding carboxylic acids is 1. The van der Waals surface area contributed by atoms with Crippen molar-refractivity contribution in [3.63, 3.8) is 0 Å². The van der Waals surface area contributed by atoms with Crippen LogP contribution in [0.4, 0.5) is 0 Å². The zero-order chi connectivity index (χ0) is 14.5. The van der Waals surface area contributed by atoms with Gasteiger partial charge in [0.25, 0.3) is 0 Å². The van der Waals surface area contributed by atoms with Gasteiger partial charge in [-0.1, -0.05) is 13.3 Å². The van der Waals surface area contributed by atoms with Crippen molar-refractivity contribution in [2.45, 2.75) is 32.7 Å². The maximum absolute atomic E-state index is 12.1. The Balaban J connectivity index is 1.85. The second kappa shape index (κ2) is 6.70. The SMILES string of the molecule is CC1CCCC1C(=O)NCc1ccc(/C=C/C(=O)O)s1. The van der Waals surface area contributed by atoms with E-state index in [4.69, 9.17) is 5.11 Å². The summed E-state index contributed by atoms with van der Waals surface area (Å²) in [5.41, 5.74) is 0. The third-order valence-electron chi connectivity index (χ3n) is 3.71. The van der Waals surface area contributed by atoms with E-state index in [9.17, 15) is 9.59 Å². The van der Waals surface area contributed by atoms with E-state index in [2.05, 4.69) is 12.2 Å². The van der Waals surface area contributed by atoms with Crippen molar-refractivity contribution in [3.8, 4) is 0 Å². The molecule has 0 aliphatic heterocycles. The molecule has 5 heteroatoms. The first-order valence-corrected chi connectivity index (χ1v) is 7.65. The van der Waals surface area contributed by atoms with Crippen molar-refractivity contribution in [2.24, 2.45) is 11.8 Å². The monoisotopic (exact) mass is 293 g/mol. The first-order chi connectivity index (χ1) is 9.56. The van der Waals surface area contributed by atoms with E-state index in [-0.39, 0.29) is 11.8 Å². The van der Waals surface area contributed by atoms with E-state index in [0.717, 1.165) is 35.1 Å². The molecule has 1 amide bonds. The van der Waals surface area contributed by atoms with Gasteiger partial charge in [-0.05, 0) is 37.0 Å². The summed E-state index contributed by atoms with van der Waals surface area (Å²) in [7, 11) is 0. The normalized spacial score (nSPS) is 22.2. The molecule has 1 aromatic heterocycles. The van der Waals surface area contributed by atoms with E-state index >= 15 is 0 Å². The molecule has 0 aromatic carbocycles. The molecule has 0 radical (unpaired) electrons. The third-order valence-corrected chi connectivity index (χ3v) is 4.76. The maximum atomic E-state index is 12.1. The Bertz CT molecular complexity index is 521. The summed E-state index contributed by atoms with van der Waals surface area (Å²) < 4.78 is 0. The van der Waals surface area contributed by atoms with Gasteiger partial charge in [0.05, 0.1) is 6.54 Å². The molecule has 1 aliphatic rings. The minimum atomic E-state index is -0.955. The number of hydrogen-bond donors (Lipinski definition) is 2. The predicted octanol–water partition coefficient (Wildman–Crippen LogP) is 2.90. The van der Waals surface area contributed by atoms with Crippen LogP contribution >= 0.6 is 11.3 Å². The van der Waals surface area contributed by atoms with Crippen LogP contribution in [0.25, 0.3) is 6.08 Å². The quantitative estimate of drug-likeness (QED) is 0.820. The van der Waals surface area contributed by atoms with Gasteiger partial charge in [0.1, 0.15) is 0 Å². The molecule has 1 fully saturated rings. The van der Waals surface area contributed by atoms with Gasteiger partial charge in [-0.15, -0.1) is 11.3 Å². The fraction of sp³-hybridized carbons (Fsp3) is 0.467. The molecule has 1 saturated carbocycles. The summed E-state index contributed by atoms with van der Waals surface area (Å²) in [6, 6.07) is 3.79. The molecule has 0 saturated heterocycles. The Hall–Kier alpha value is -1.62. The summed E-state index contributed by atoms with van der Waals surface area (Å²) in [5.74, 6) is -0.178. The van der Waals surface area contributed by atoms with Crippen molar-refractivity contribution >= 4 is 29.3 Å². The van der Waals surface area contributed by atoms with Crippen molar-refractivity contribution in [1.82, 2.24) is 5.32 Å². The van der Waals surface area contributed by atoms with Crippen molar-refractivity contribution in [2.75, 3.05) is 0 Å². The maximum Gasteiger partial charge on any atom is 0.328 e. The number of carboxylic acids is 1. The molecule has 2 N–H and O–H groups in total. The zero-order valence-corrected chi connectivity index (χ0v) is 12.3. The largest absolute Gasteiger partial charge is 0.478 e. The van der Waals surface area contributed by atoms with Gasteiger partial charge in [-0.3, -0.25) is 4.79 Å². The van der Waals surface area contributed by atoms with Gasteiger partial charge in [0, 0.05) is 21.7 Å². The highest BCUT2D eigenvalue weighted by Gasteiger charge is 2.29. The number of amides is 1. The Labute approximate surface area is 122 Å². The summed E-state index contributed by atoms with van der Waals surface area (Å²) in [5, 5.41) is 11.5. The molecular weight excluding hydrogens is 274 g/mol. The summed E-state index contributed by atoms with van der Waals surface area (Å²) >= 11 is 1.50. The molecule has 2 unspecified atom stereocenters. The fourth-order valence-corrected chi connectivity index (χ4v) is 3.43. The minimum absolute atomic E-state index is 0.144. The molecule has 2 atom stereocenters. The van der Waals surface area contributed by atoms with Crippen LogP contribution in [0.5, 0.6) is 0 Å². The van der Waals surface area contributed by atoms with Crippen molar-refractivity contribution < 1.29 is 14.7 Å². The number of rotatable bonds is 5. The molecule has 2 rings (SSSR count). The highest BCUT2D eigenvalue weighted by atomic mass is 32.1. The number of nitrogens with one attached hydrogen (secondary N) is 1. The smallest absolute Gasteiger partial charge is 0.328 e. The topological polar surface area (TPSA) is 66.4 Å². The lowest BCUT2D eigenvalue weighted by Gasteiger charge is -2.14. The molecule has 0 bridgehead atoms. The Morgan fingerprint density at radius 3 is 2.90 bits per heavy atom. The lowest BCUT2D eigenvalue weighted by Crippen LogP contribution is -2.31. The Morgan fingerprint density at radius 2 is 2.25 bits per heavy atom. The van der Waals surface area contributed by atoms with Gasteiger partial charge in [-0.2, -0.15) is 0 Å². The fourth-order valence-electron chi connectivity index (χ4n) is 2.57. The average molecular weight is 293 g/mol. The van der Waals surface area contributed by atoms with Gasteiger partial charge in [0.2, 0.25) is 5.91 Å². The highest BCUT2D eigenvalue weighted by molar-refractivity contribution is 7.12. The van der Waals surface area contributed by atoms with Gasteiger partial charge < -0.3 is 10.4 Å². The van der Waals surface area contributed by atoms with Gasteiger partial charge in [-0.25, -0.2) is 4.79 Å².